The lowest BCUT2D eigenvalue weighted by Gasteiger charge is -2.19. The maximum atomic E-state index is 11.4. The van der Waals surface area contributed by atoms with Gasteiger partial charge in [0.1, 0.15) is 5.60 Å². The summed E-state index contributed by atoms with van der Waals surface area (Å²) >= 11 is 0. The number of amides is 3. The molecule has 0 aromatic heterocycles. The summed E-state index contributed by atoms with van der Waals surface area (Å²) in [6, 6.07) is 6.70. The van der Waals surface area contributed by atoms with E-state index in [1.54, 1.807) is 6.07 Å². The highest BCUT2D eigenvalue weighted by atomic mass is 16.6. The molecule has 0 bridgehead atoms. The lowest BCUT2D eigenvalue weighted by molar-refractivity contribution is 0.0529. The lowest BCUT2D eigenvalue weighted by Crippen LogP contribution is -2.32. The van der Waals surface area contributed by atoms with Gasteiger partial charge in [-0.2, -0.15) is 0 Å². The van der Waals surface area contributed by atoms with Crippen LogP contribution in [-0.2, 0) is 4.74 Å². The van der Waals surface area contributed by atoms with Crippen molar-refractivity contribution in [1.82, 2.24) is 5.32 Å². The average molecular weight is 305 g/mol. The molecule has 0 fully saturated rings. The summed E-state index contributed by atoms with van der Waals surface area (Å²) in [7, 11) is 0. The van der Waals surface area contributed by atoms with E-state index in [2.05, 4.69) is 10.6 Å². The van der Waals surface area contributed by atoms with Crippen molar-refractivity contribution in [1.29, 1.82) is 0 Å². The van der Waals surface area contributed by atoms with E-state index in [0.29, 0.717) is 18.7 Å². The van der Waals surface area contributed by atoms with Gasteiger partial charge in [0, 0.05) is 12.2 Å². The number of anilines is 1. The van der Waals surface area contributed by atoms with Crippen molar-refractivity contribution in [3.05, 3.63) is 35.9 Å². The number of carbonyl (C=O) groups excluding carboxylic acids is 2. The van der Waals surface area contributed by atoms with Gasteiger partial charge in [0.2, 0.25) is 0 Å². The molecule has 1 rings (SSSR count). The fraction of sp³-hybridized carbons (Fsp3) is 0.375. The smallest absolute Gasteiger partial charge is 0.407 e. The van der Waals surface area contributed by atoms with Gasteiger partial charge in [-0.15, -0.1) is 0 Å². The number of hydrogen-bond donors (Lipinski definition) is 3. The van der Waals surface area contributed by atoms with Crippen LogP contribution >= 0.6 is 0 Å². The zero-order valence-electron chi connectivity index (χ0n) is 13.2. The van der Waals surface area contributed by atoms with Gasteiger partial charge in [0.05, 0.1) is 0 Å². The monoisotopic (exact) mass is 305 g/mol. The minimum Gasteiger partial charge on any atom is -0.444 e. The molecule has 0 aliphatic heterocycles. The minimum atomic E-state index is -0.595. The van der Waals surface area contributed by atoms with E-state index in [1.807, 2.05) is 51.1 Å². The van der Waals surface area contributed by atoms with E-state index in [9.17, 15) is 9.59 Å². The standard InChI is InChI=1S/C16H23N3O3/c1-16(2,3)22-15(21)18-10-5-4-7-12-8-6-9-13(11-12)19-14(17)20/h4,6-9,11H,5,10H2,1-3H3,(H,18,21)(H3,17,19,20). The molecule has 1 aromatic rings. The number of nitrogens with two attached hydrogens (primary N) is 1. The largest absolute Gasteiger partial charge is 0.444 e. The van der Waals surface area contributed by atoms with Crippen molar-refractivity contribution in [3.63, 3.8) is 0 Å². The summed E-state index contributed by atoms with van der Waals surface area (Å²) in [6.45, 7) is 5.95. The van der Waals surface area contributed by atoms with Crippen LogP contribution in [0.5, 0.6) is 0 Å². The highest BCUT2D eigenvalue weighted by Gasteiger charge is 2.15. The van der Waals surface area contributed by atoms with Gasteiger partial charge in [0.25, 0.3) is 0 Å². The van der Waals surface area contributed by atoms with Crippen LogP contribution in [0.15, 0.2) is 30.3 Å². The SMILES string of the molecule is CC(C)(C)OC(=O)NCCC=Cc1cccc(NC(N)=O)c1. The number of alkyl carbamates (subject to hydrolysis) is 1. The van der Waals surface area contributed by atoms with Crippen molar-refractivity contribution in [2.45, 2.75) is 32.8 Å². The minimum absolute atomic E-state index is 0.423. The quantitative estimate of drug-likeness (QED) is 0.730. The van der Waals surface area contributed by atoms with Crippen LogP contribution in [0.1, 0.15) is 32.8 Å². The van der Waals surface area contributed by atoms with Crippen molar-refractivity contribution in [2.75, 3.05) is 11.9 Å². The Kier molecular flexibility index (Phi) is 6.44. The maximum absolute atomic E-state index is 11.4. The van der Waals surface area contributed by atoms with E-state index >= 15 is 0 Å². The predicted octanol–water partition coefficient (Wildman–Crippen LogP) is 3.11. The molecule has 0 saturated heterocycles. The highest BCUT2D eigenvalue weighted by molar-refractivity contribution is 5.88. The van der Waals surface area contributed by atoms with E-state index in [4.69, 9.17) is 10.5 Å². The molecule has 120 valence electrons. The second-order valence-electron chi connectivity index (χ2n) is 5.73. The summed E-state index contributed by atoms with van der Waals surface area (Å²) < 4.78 is 5.13. The van der Waals surface area contributed by atoms with Crippen LogP contribution in [0.2, 0.25) is 0 Å². The maximum Gasteiger partial charge on any atom is 0.407 e. The number of urea groups is 1. The number of benzene rings is 1. The number of hydrogen-bond acceptors (Lipinski definition) is 3. The van der Waals surface area contributed by atoms with Crippen molar-refractivity contribution in [2.24, 2.45) is 5.73 Å². The molecule has 22 heavy (non-hydrogen) atoms. The van der Waals surface area contributed by atoms with Gasteiger partial charge in [0.15, 0.2) is 0 Å². The molecule has 0 atom stereocenters. The number of primary amides is 1. The Bertz CT molecular complexity index is 548. The van der Waals surface area contributed by atoms with Crippen molar-refractivity contribution < 1.29 is 14.3 Å². The molecule has 0 radical (unpaired) electrons. The zero-order chi connectivity index (χ0) is 16.6. The molecule has 1 aromatic carbocycles. The first-order chi connectivity index (χ1) is 10.3. The lowest BCUT2D eigenvalue weighted by atomic mass is 10.2. The number of rotatable bonds is 5. The summed E-state index contributed by atoms with van der Waals surface area (Å²) in [5.74, 6) is 0. The second kappa shape index (κ2) is 8.07. The Morgan fingerprint density at radius 1 is 1.32 bits per heavy atom. The second-order valence-corrected chi connectivity index (χ2v) is 5.73. The molecule has 3 amide bonds. The number of carbonyl (C=O) groups is 2. The molecule has 6 nitrogen and oxygen atoms in total. The van der Waals surface area contributed by atoms with Crippen LogP contribution < -0.4 is 16.4 Å². The third-order valence-corrected chi connectivity index (χ3v) is 2.44. The Balaban J connectivity index is 2.37. The number of nitrogens with one attached hydrogen (secondary N) is 2. The molecule has 0 heterocycles. The van der Waals surface area contributed by atoms with Gasteiger partial charge in [-0.05, 0) is 44.9 Å². The fourth-order valence-corrected chi connectivity index (χ4v) is 1.65. The van der Waals surface area contributed by atoms with E-state index in [1.165, 1.54) is 0 Å². The van der Waals surface area contributed by atoms with E-state index in [-0.39, 0.29) is 0 Å². The fourth-order valence-electron chi connectivity index (χ4n) is 1.65. The summed E-state index contributed by atoms with van der Waals surface area (Å²) in [5.41, 5.74) is 6.15. The molecule has 0 spiro atoms. The Morgan fingerprint density at radius 2 is 2.05 bits per heavy atom. The molecule has 0 aliphatic carbocycles. The summed E-state index contributed by atoms with van der Waals surface area (Å²) in [4.78, 5) is 22.2. The van der Waals surface area contributed by atoms with E-state index in [0.717, 1.165) is 5.56 Å². The van der Waals surface area contributed by atoms with Crippen LogP contribution in [0.3, 0.4) is 0 Å². The third-order valence-electron chi connectivity index (χ3n) is 2.44. The van der Waals surface area contributed by atoms with Gasteiger partial charge in [-0.3, -0.25) is 0 Å². The topological polar surface area (TPSA) is 93.4 Å². The normalized spacial score (nSPS) is 11.2. The molecule has 6 heteroatoms. The van der Waals surface area contributed by atoms with Gasteiger partial charge >= 0.3 is 12.1 Å². The van der Waals surface area contributed by atoms with Crippen LogP contribution in [0, 0.1) is 0 Å². The summed E-state index contributed by atoms with van der Waals surface area (Å²) in [5, 5.41) is 5.19. The van der Waals surface area contributed by atoms with E-state index < -0.39 is 17.7 Å². The molecule has 0 aliphatic rings. The molecule has 0 saturated carbocycles. The first-order valence-corrected chi connectivity index (χ1v) is 7.06. The van der Waals surface area contributed by atoms with Crippen molar-refractivity contribution in [3.8, 4) is 0 Å². The Labute approximate surface area is 130 Å². The predicted molar refractivity (Wildman–Crippen MR) is 87.5 cm³/mol. The van der Waals surface area contributed by atoms with Crippen LogP contribution in [-0.4, -0.2) is 24.3 Å². The molecule has 4 N–H and O–H groups in total. The van der Waals surface area contributed by atoms with Gasteiger partial charge in [-0.25, -0.2) is 9.59 Å². The number of ether oxygens (including phenoxy) is 1. The van der Waals surface area contributed by atoms with Crippen LogP contribution in [0.25, 0.3) is 6.08 Å². The average Bonchev–Trinajstić information content (AvgIpc) is 2.35. The zero-order valence-corrected chi connectivity index (χ0v) is 13.2. The first-order valence-electron chi connectivity index (χ1n) is 7.06. The molecular formula is C16H23N3O3. The Morgan fingerprint density at radius 3 is 2.68 bits per heavy atom. The summed E-state index contributed by atoms with van der Waals surface area (Å²) in [6.07, 6.45) is 4.09. The van der Waals surface area contributed by atoms with Crippen LogP contribution in [0.4, 0.5) is 15.3 Å². The molecule has 0 unspecified atom stereocenters. The van der Waals surface area contributed by atoms with Gasteiger partial charge < -0.3 is 21.1 Å². The van der Waals surface area contributed by atoms with Gasteiger partial charge in [-0.1, -0.05) is 24.3 Å². The third kappa shape index (κ3) is 7.94. The Hall–Kier alpha value is -2.50. The molecular weight excluding hydrogens is 282 g/mol. The highest BCUT2D eigenvalue weighted by Crippen LogP contribution is 2.12. The van der Waals surface area contributed by atoms with Crippen molar-refractivity contribution >= 4 is 23.9 Å². The first kappa shape index (κ1) is 17.6.